The highest BCUT2D eigenvalue weighted by atomic mass is 16.5. The predicted molar refractivity (Wildman–Crippen MR) is 95.7 cm³/mol. The summed E-state index contributed by atoms with van der Waals surface area (Å²) in [5, 5.41) is 10.6. The van der Waals surface area contributed by atoms with Crippen molar-refractivity contribution in [3.05, 3.63) is 53.4 Å². The molecule has 3 aromatic heterocycles. The zero-order chi connectivity index (χ0) is 18.1. The lowest BCUT2D eigenvalue weighted by molar-refractivity contribution is 0.0700. The lowest BCUT2D eigenvalue weighted by atomic mass is 9.93. The summed E-state index contributed by atoms with van der Waals surface area (Å²) in [6.07, 6.45) is 5.48. The zero-order valence-electron chi connectivity index (χ0n) is 14.9. The van der Waals surface area contributed by atoms with Gasteiger partial charge in [-0.05, 0) is 38.8 Å². The molecule has 1 aliphatic heterocycles. The average Bonchev–Trinajstić information content (AvgIpc) is 3.32. The Labute approximate surface area is 151 Å². The molecule has 0 bridgehead atoms. The molecule has 4 rings (SSSR count). The number of nitrogens with zero attached hydrogens (tertiary/aromatic N) is 4. The first-order chi connectivity index (χ1) is 12.6. The summed E-state index contributed by atoms with van der Waals surface area (Å²) >= 11 is 0. The Morgan fingerprint density at radius 1 is 1.31 bits per heavy atom. The van der Waals surface area contributed by atoms with E-state index in [0.717, 1.165) is 47.7 Å². The van der Waals surface area contributed by atoms with E-state index in [-0.39, 0.29) is 11.8 Å². The summed E-state index contributed by atoms with van der Waals surface area (Å²) in [6.45, 7) is 5.28. The highest BCUT2D eigenvalue weighted by Crippen LogP contribution is 2.30. The first-order valence-corrected chi connectivity index (χ1v) is 8.81. The molecule has 7 nitrogen and oxygen atoms in total. The molecule has 0 aliphatic carbocycles. The van der Waals surface area contributed by atoms with Crippen LogP contribution in [-0.4, -0.2) is 44.2 Å². The molecule has 1 fully saturated rings. The minimum atomic E-state index is -0.000425. The second-order valence-electron chi connectivity index (χ2n) is 6.73. The average molecular weight is 351 g/mol. The van der Waals surface area contributed by atoms with Crippen molar-refractivity contribution in [2.24, 2.45) is 0 Å². The van der Waals surface area contributed by atoms with E-state index >= 15 is 0 Å². The third kappa shape index (κ3) is 3.00. The highest BCUT2D eigenvalue weighted by Gasteiger charge is 2.27. The molecule has 0 saturated carbocycles. The van der Waals surface area contributed by atoms with Crippen LogP contribution < -0.4 is 0 Å². The summed E-state index contributed by atoms with van der Waals surface area (Å²) in [7, 11) is 0. The van der Waals surface area contributed by atoms with E-state index in [1.54, 1.807) is 12.3 Å². The number of nitrogens with one attached hydrogen (secondary N) is 1. The Hall–Kier alpha value is -2.96. The minimum Gasteiger partial charge on any atom is -0.361 e. The lowest BCUT2D eigenvalue weighted by Crippen LogP contribution is -2.39. The van der Waals surface area contributed by atoms with Gasteiger partial charge in [0, 0.05) is 48.2 Å². The minimum absolute atomic E-state index is 0.000425. The number of aryl methyl sites for hydroxylation is 2. The topological polar surface area (TPSA) is 87.9 Å². The molecular formula is C19H21N5O2. The third-order valence-corrected chi connectivity index (χ3v) is 4.97. The van der Waals surface area contributed by atoms with Crippen LogP contribution in [0.25, 0.3) is 11.1 Å². The van der Waals surface area contributed by atoms with Gasteiger partial charge in [-0.1, -0.05) is 11.2 Å². The molecule has 0 aromatic carbocycles. The van der Waals surface area contributed by atoms with Crippen molar-refractivity contribution in [2.75, 3.05) is 13.1 Å². The zero-order valence-corrected chi connectivity index (χ0v) is 14.9. The van der Waals surface area contributed by atoms with Crippen LogP contribution in [0.5, 0.6) is 0 Å². The van der Waals surface area contributed by atoms with Gasteiger partial charge < -0.3 is 9.42 Å². The fourth-order valence-electron chi connectivity index (χ4n) is 3.64. The smallest absolute Gasteiger partial charge is 0.271 e. The number of amides is 1. The maximum atomic E-state index is 12.5. The number of likely N-dealkylation sites (tertiary alicyclic amines) is 1. The van der Waals surface area contributed by atoms with Crippen molar-refractivity contribution in [1.82, 2.24) is 25.2 Å². The molecule has 0 radical (unpaired) electrons. The Kier molecular flexibility index (Phi) is 4.28. The van der Waals surface area contributed by atoms with Gasteiger partial charge >= 0.3 is 0 Å². The monoisotopic (exact) mass is 351 g/mol. The molecular weight excluding hydrogens is 330 g/mol. The number of carbonyl (C=O) groups is 1. The van der Waals surface area contributed by atoms with Crippen LogP contribution in [0.3, 0.4) is 0 Å². The number of rotatable bonds is 3. The van der Waals surface area contributed by atoms with E-state index in [1.807, 2.05) is 24.9 Å². The Balaban J connectivity index is 1.51. The molecule has 1 saturated heterocycles. The molecule has 1 aliphatic rings. The molecule has 26 heavy (non-hydrogen) atoms. The normalized spacial score (nSPS) is 17.5. The molecule has 1 amide bonds. The summed E-state index contributed by atoms with van der Waals surface area (Å²) in [5.74, 6) is 1.04. The van der Waals surface area contributed by atoms with Crippen molar-refractivity contribution in [3.8, 4) is 11.1 Å². The number of carbonyl (C=O) groups excluding carboxylic acids is 1. The van der Waals surface area contributed by atoms with Crippen LogP contribution >= 0.6 is 0 Å². The van der Waals surface area contributed by atoms with E-state index in [0.29, 0.717) is 12.2 Å². The number of hydrogen-bond acceptors (Lipinski definition) is 5. The van der Waals surface area contributed by atoms with Gasteiger partial charge in [0.2, 0.25) is 0 Å². The van der Waals surface area contributed by atoms with Crippen LogP contribution in [0.2, 0.25) is 0 Å². The molecule has 0 spiro atoms. The van der Waals surface area contributed by atoms with Crippen molar-refractivity contribution >= 4 is 5.91 Å². The lowest BCUT2D eigenvalue weighted by Gasteiger charge is -2.32. The van der Waals surface area contributed by atoms with E-state index < -0.39 is 0 Å². The molecule has 0 unspecified atom stereocenters. The van der Waals surface area contributed by atoms with Gasteiger partial charge in [0.15, 0.2) is 0 Å². The summed E-state index contributed by atoms with van der Waals surface area (Å²) in [5.41, 5.74) is 4.43. The predicted octanol–water partition coefficient (Wildman–Crippen LogP) is 3.10. The standard InChI is InChI=1S/C19H21N5O2/c1-12-18(13(2)26-23-12)14-5-6-16(20-10-14)15-4-3-9-24(11-15)19(25)17-7-8-21-22-17/h5-8,10,15H,3-4,9,11H2,1-2H3,(H,21,22)/t15-/m1/s1. The molecule has 4 heterocycles. The highest BCUT2D eigenvalue weighted by molar-refractivity contribution is 5.92. The number of H-pyrrole nitrogens is 1. The van der Waals surface area contributed by atoms with Crippen LogP contribution in [0.4, 0.5) is 0 Å². The fourth-order valence-corrected chi connectivity index (χ4v) is 3.64. The molecule has 134 valence electrons. The van der Waals surface area contributed by atoms with Crippen LogP contribution in [0, 0.1) is 13.8 Å². The number of aromatic nitrogens is 4. The van der Waals surface area contributed by atoms with E-state index in [1.165, 1.54) is 0 Å². The maximum Gasteiger partial charge on any atom is 0.271 e. The van der Waals surface area contributed by atoms with Crippen LogP contribution in [0.15, 0.2) is 35.1 Å². The van der Waals surface area contributed by atoms with E-state index in [9.17, 15) is 4.79 Å². The second kappa shape index (κ2) is 6.74. The maximum absolute atomic E-state index is 12.5. The summed E-state index contributed by atoms with van der Waals surface area (Å²) < 4.78 is 5.24. The molecule has 3 aromatic rings. The van der Waals surface area contributed by atoms with Crippen molar-refractivity contribution in [1.29, 1.82) is 0 Å². The SMILES string of the molecule is Cc1noc(C)c1-c1ccc([C@@H]2CCCN(C(=O)c3ccn[nH]3)C2)nc1. The van der Waals surface area contributed by atoms with Crippen molar-refractivity contribution in [3.63, 3.8) is 0 Å². The molecule has 1 atom stereocenters. The van der Waals surface area contributed by atoms with Gasteiger partial charge in [-0.25, -0.2) is 0 Å². The fraction of sp³-hybridized carbons (Fsp3) is 0.368. The van der Waals surface area contributed by atoms with Crippen LogP contribution in [0.1, 0.15) is 46.4 Å². The summed E-state index contributed by atoms with van der Waals surface area (Å²) in [4.78, 5) is 19.1. The molecule has 1 N–H and O–H groups in total. The van der Waals surface area contributed by atoms with Gasteiger partial charge in [-0.15, -0.1) is 0 Å². The molecule has 7 heteroatoms. The van der Waals surface area contributed by atoms with E-state index in [2.05, 4.69) is 32.5 Å². The number of piperidine rings is 1. The van der Waals surface area contributed by atoms with Crippen LogP contribution in [-0.2, 0) is 0 Å². The first-order valence-electron chi connectivity index (χ1n) is 8.81. The van der Waals surface area contributed by atoms with Gasteiger partial charge in [-0.2, -0.15) is 5.10 Å². The Bertz CT molecular complexity index is 879. The van der Waals surface area contributed by atoms with Gasteiger partial charge in [0.05, 0.1) is 5.69 Å². The van der Waals surface area contributed by atoms with Crippen molar-refractivity contribution < 1.29 is 9.32 Å². The quantitative estimate of drug-likeness (QED) is 0.783. The van der Waals surface area contributed by atoms with Gasteiger partial charge in [-0.3, -0.25) is 14.9 Å². The number of aromatic amines is 1. The van der Waals surface area contributed by atoms with E-state index in [4.69, 9.17) is 4.52 Å². The summed E-state index contributed by atoms with van der Waals surface area (Å²) in [6, 6.07) is 5.82. The largest absolute Gasteiger partial charge is 0.361 e. The second-order valence-corrected chi connectivity index (χ2v) is 6.73. The van der Waals surface area contributed by atoms with Crippen molar-refractivity contribution in [2.45, 2.75) is 32.6 Å². The Morgan fingerprint density at radius 2 is 2.19 bits per heavy atom. The number of pyridine rings is 1. The third-order valence-electron chi connectivity index (χ3n) is 4.97. The van der Waals surface area contributed by atoms with Gasteiger partial charge in [0.25, 0.3) is 5.91 Å². The Morgan fingerprint density at radius 3 is 2.85 bits per heavy atom. The first kappa shape index (κ1) is 16.5. The van der Waals surface area contributed by atoms with Gasteiger partial charge in [0.1, 0.15) is 11.5 Å². The number of hydrogen-bond donors (Lipinski definition) is 1.